The van der Waals surface area contributed by atoms with Crippen LogP contribution in [0.3, 0.4) is 0 Å². The average molecular weight is 133 g/mol. The summed E-state index contributed by atoms with van der Waals surface area (Å²) in [7, 11) is 0. The van der Waals surface area contributed by atoms with Crippen molar-refractivity contribution in [2.24, 2.45) is 0 Å². The molecule has 0 amide bonds. The highest BCUT2D eigenvalue weighted by Gasteiger charge is 2.12. The standard InChI is InChI=1S/C4H7NS2/c1-3-2-7-4(6)5-3/h3H,2H2,1H3,(H,5,6)/t3-/m0/s1. The van der Waals surface area contributed by atoms with Gasteiger partial charge < -0.3 is 5.32 Å². The van der Waals surface area contributed by atoms with Gasteiger partial charge in [0.15, 0.2) is 0 Å². The fraction of sp³-hybridized carbons (Fsp3) is 0.750. The zero-order valence-electron chi connectivity index (χ0n) is 4.10. The van der Waals surface area contributed by atoms with Gasteiger partial charge in [-0.3, -0.25) is 0 Å². The first-order chi connectivity index (χ1) is 3.29. The molecule has 1 heterocycles. The maximum atomic E-state index is 4.85. The lowest BCUT2D eigenvalue weighted by Crippen LogP contribution is -2.21. The highest BCUT2D eigenvalue weighted by atomic mass is 32.2. The van der Waals surface area contributed by atoms with E-state index >= 15 is 0 Å². The molecule has 0 aromatic carbocycles. The fourth-order valence-electron chi connectivity index (χ4n) is 0.485. The summed E-state index contributed by atoms with van der Waals surface area (Å²) in [6, 6.07) is 0.595. The van der Waals surface area contributed by atoms with Gasteiger partial charge in [0.1, 0.15) is 4.32 Å². The summed E-state index contributed by atoms with van der Waals surface area (Å²) in [5, 5.41) is 3.11. The summed E-state index contributed by atoms with van der Waals surface area (Å²) >= 11 is 6.57. The summed E-state index contributed by atoms with van der Waals surface area (Å²) in [5.74, 6) is 1.14. The van der Waals surface area contributed by atoms with Crippen molar-refractivity contribution in [3.8, 4) is 0 Å². The third kappa shape index (κ3) is 1.31. The summed E-state index contributed by atoms with van der Waals surface area (Å²) in [4.78, 5) is 0. The molecule has 40 valence electrons. The van der Waals surface area contributed by atoms with Gasteiger partial charge in [0.05, 0.1) is 0 Å². The minimum Gasteiger partial charge on any atom is -0.368 e. The van der Waals surface area contributed by atoms with Gasteiger partial charge in [-0.05, 0) is 6.92 Å². The van der Waals surface area contributed by atoms with Crippen LogP contribution in [0.4, 0.5) is 0 Å². The lowest BCUT2D eigenvalue weighted by atomic mass is 10.4. The van der Waals surface area contributed by atoms with Crippen molar-refractivity contribution < 1.29 is 0 Å². The molecule has 1 saturated heterocycles. The van der Waals surface area contributed by atoms with Crippen molar-refractivity contribution in [2.75, 3.05) is 5.75 Å². The zero-order chi connectivity index (χ0) is 5.28. The Balaban J connectivity index is 2.40. The second kappa shape index (κ2) is 2.01. The summed E-state index contributed by atoms with van der Waals surface area (Å²) in [5.41, 5.74) is 0. The molecule has 1 aliphatic rings. The first kappa shape index (κ1) is 5.38. The molecule has 0 aromatic rings. The van der Waals surface area contributed by atoms with Crippen LogP contribution in [0.5, 0.6) is 0 Å². The molecule has 0 aromatic heterocycles. The van der Waals surface area contributed by atoms with E-state index in [0.717, 1.165) is 10.1 Å². The Morgan fingerprint density at radius 3 is 2.86 bits per heavy atom. The van der Waals surface area contributed by atoms with Crippen molar-refractivity contribution in [1.29, 1.82) is 0 Å². The van der Waals surface area contributed by atoms with Crippen molar-refractivity contribution in [3.05, 3.63) is 0 Å². The molecule has 1 aliphatic heterocycles. The normalized spacial score (nSPS) is 30.4. The molecular formula is C4H7NS2. The fourth-order valence-corrected chi connectivity index (χ4v) is 1.66. The minimum absolute atomic E-state index is 0.595. The Kier molecular flexibility index (Phi) is 1.54. The maximum Gasteiger partial charge on any atom is 0.134 e. The van der Waals surface area contributed by atoms with Crippen LogP contribution in [-0.2, 0) is 0 Å². The van der Waals surface area contributed by atoms with Gasteiger partial charge >= 0.3 is 0 Å². The van der Waals surface area contributed by atoms with Crippen molar-refractivity contribution in [3.63, 3.8) is 0 Å². The Hall–Kier alpha value is 0.240. The van der Waals surface area contributed by atoms with Crippen LogP contribution in [0.1, 0.15) is 6.92 Å². The Bertz CT molecular complexity index is 91.7. The van der Waals surface area contributed by atoms with E-state index < -0.39 is 0 Å². The van der Waals surface area contributed by atoms with Crippen LogP contribution in [0.25, 0.3) is 0 Å². The van der Waals surface area contributed by atoms with Crippen LogP contribution in [0, 0.1) is 0 Å². The Morgan fingerprint density at radius 1 is 2.00 bits per heavy atom. The molecule has 0 spiro atoms. The molecule has 0 aliphatic carbocycles. The molecular weight excluding hydrogens is 126 g/mol. The average Bonchev–Trinajstić information content (AvgIpc) is 1.87. The van der Waals surface area contributed by atoms with E-state index in [4.69, 9.17) is 12.2 Å². The van der Waals surface area contributed by atoms with E-state index in [9.17, 15) is 0 Å². The van der Waals surface area contributed by atoms with Crippen molar-refractivity contribution >= 4 is 28.3 Å². The van der Waals surface area contributed by atoms with Gasteiger partial charge in [-0.1, -0.05) is 24.0 Å². The summed E-state index contributed by atoms with van der Waals surface area (Å²) in [6.07, 6.45) is 0. The molecule has 3 heteroatoms. The lowest BCUT2D eigenvalue weighted by Gasteiger charge is -1.96. The molecule has 0 radical (unpaired) electrons. The van der Waals surface area contributed by atoms with Gasteiger partial charge in [0.2, 0.25) is 0 Å². The van der Waals surface area contributed by atoms with E-state index in [2.05, 4.69) is 12.2 Å². The number of nitrogens with one attached hydrogen (secondary N) is 1. The second-order valence-electron chi connectivity index (χ2n) is 1.64. The number of thiocarbonyl (C=S) groups is 1. The smallest absolute Gasteiger partial charge is 0.134 e. The first-order valence-corrected chi connectivity index (χ1v) is 3.62. The second-order valence-corrected chi connectivity index (χ2v) is 3.34. The number of hydrogen-bond donors (Lipinski definition) is 1. The lowest BCUT2D eigenvalue weighted by molar-refractivity contribution is 0.773. The van der Waals surface area contributed by atoms with Crippen LogP contribution in [0.15, 0.2) is 0 Å². The van der Waals surface area contributed by atoms with Gasteiger partial charge in [-0.15, -0.1) is 0 Å². The number of thioether (sulfide) groups is 1. The first-order valence-electron chi connectivity index (χ1n) is 2.22. The van der Waals surface area contributed by atoms with Crippen LogP contribution in [0.2, 0.25) is 0 Å². The summed E-state index contributed by atoms with van der Waals surface area (Å²) < 4.78 is 0.951. The SMILES string of the molecule is C[C@H]1CSC(=S)N1. The Morgan fingerprint density at radius 2 is 2.71 bits per heavy atom. The third-order valence-corrected chi connectivity index (χ3v) is 2.35. The molecule has 1 rings (SSSR count). The number of hydrogen-bond acceptors (Lipinski definition) is 2. The third-order valence-electron chi connectivity index (χ3n) is 0.829. The highest BCUT2D eigenvalue weighted by Crippen LogP contribution is 2.11. The summed E-state index contributed by atoms with van der Waals surface area (Å²) in [6.45, 7) is 2.13. The zero-order valence-corrected chi connectivity index (χ0v) is 5.73. The predicted molar refractivity (Wildman–Crippen MR) is 37.7 cm³/mol. The van der Waals surface area contributed by atoms with Crippen LogP contribution >= 0.6 is 24.0 Å². The van der Waals surface area contributed by atoms with E-state index in [0.29, 0.717) is 6.04 Å². The topological polar surface area (TPSA) is 12.0 Å². The largest absolute Gasteiger partial charge is 0.368 e. The molecule has 0 unspecified atom stereocenters. The van der Waals surface area contributed by atoms with Crippen LogP contribution in [-0.4, -0.2) is 16.1 Å². The highest BCUT2D eigenvalue weighted by molar-refractivity contribution is 8.23. The van der Waals surface area contributed by atoms with Gasteiger partial charge in [-0.25, -0.2) is 0 Å². The molecule has 1 atom stereocenters. The quantitative estimate of drug-likeness (QED) is 0.495. The Labute approximate surface area is 52.9 Å². The molecule has 1 N–H and O–H groups in total. The molecule has 1 fully saturated rings. The molecule has 1 nitrogen and oxygen atoms in total. The van der Waals surface area contributed by atoms with Gasteiger partial charge in [-0.2, -0.15) is 0 Å². The van der Waals surface area contributed by atoms with Gasteiger partial charge in [0.25, 0.3) is 0 Å². The monoisotopic (exact) mass is 133 g/mol. The number of rotatable bonds is 0. The van der Waals surface area contributed by atoms with Crippen molar-refractivity contribution in [2.45, 2.75) is 13.0 Å². The van der Waals surface area contributed by atoms with E-state index in [1.54, 1.807) is 11.8 Å². The predicted octanol–water partition coefficient (Wildman–Crippen LogP) is 0.996. The van der Waals surface area contributed by atoms with Gasteiger partial charge in [0, 0.05) is 11.8 Å². The van der Waals surface area contributed by atoms with Crippen molar-refractivity contribution in [1.82, 2.24) is 5.32 Å². The van der Waals surface area contributed by atoms with Crippen LogP contribution < -0.4 is 5.32 Å². The van der Waals surface area contributed by atoms with E-state index in [-0.39, 0.29) is 0 Å². The molecule has 7 heavy (non-hydrogen) atoms. The van der Waals surface area contributed by atoms with E-state index in [1.165, 1.54) is 0 Å². The minimum atomic E-state index is 0.595. The van der Waals surface area contributed by atoms with E-state index in [1.807, 2.05) is 0 Å². The maximum absolute atomic E-state index is 4.85. The molecule has 0 bridgehead atoms. The molecule has 0 saturated carbocycles.